The first kappa shape index (κ1) is 13.1. The van der Waals surface area contributed by atoms with E-state index in [2.05, 4.69) is 32.4 Å². The molecule has 2 aromatic heterocycles. The molecule has 0 amide bonds. The lowest BCUT2D eigenvalue weighted by molar-refractivity contribution is 0.608. The molecule has 1 aliphatic rings. The van der Waals surface area contributed by atoms with E-state index in [1.165, 1.54) is 19.0 Å². The van der Waals surface area contributed by atoms with Crippen LogP contribution in [-0.2, 0) is 0 Å². The standard InChI is InChI=1S/C13H15ClN6/c1-13(2-3-13)7-17-10-4-8(5-18-20-10)11-9(14)6-16-12(15)19-11/h4-6H,2-3,7H2,1H3,(H,17,20)(H2,15,16,19). The van der Waals surface area contributed by atoms with E-state index in [4.69, 9.17) is 17.3 Å². The number of nitrogens with zero attached hydrogens (tertiary/aromatic N) is 4. The highest BCUT2D eigenvalue weighted by Gasteiger charge is 2.36. The normalized spacial score (nSPS) is 15.9. The lowest BCUT2D eigenvalue weighted by Crippen LogP contribution is -2.13. The van der Waals surface area contributed by atoms with Crippen molar-refractivity contribution >= 4 is 23.4 Å². The van der Waals surface area contributed by atoms with Gasteiger partial charge in [-0.1, -0.05) is 18.5 Å². The van der Waals surface area contributed by atoms with Crippen LogP contribution in [0, 0.1) is 5.41 Å². The molecule has 7 heteroatoms. The Hall–Kier alpha value is -1.95. The molecule has 2 heterocycles. The maximum Gasteiger partial charge on any atom is 0.220 e. The molecule has 0 atom stereocenters. The van der Waals surface area contributed by atoms with Gasteiger partial charge in [0.1, 0.15) is 5.82 Å². The van der Waals surface area contributed by atoms with Gasteiger partial charge in [0, 0.05) is 12.1 Å². The number of hydrogen-bond acceptors (Lipinski definition) is 6. The fourth-order valence-electron chi connectivity index (χ4n) is 1.86. The molecule has 0 saturated heterocycles. The van der Waals surface area contributed by atoms with E-state index in [0.717, 1.165) is 12.1 Å². The summed E-state index contributed by atoms with van der Waals surface area (Å²) in [5.74, 6) is 0.894. The van der Waals surface area contributed by atoms with Crippen LogP contribution in [0.5, 0.6) is 0 Å². The van der Waals surface area contributed by atoms with Gasteiger partial charge >= 0.3 is 0 Å². The quantitative estimate of drug-likeness (QED) is 0.898. The van der Waals surface area contributed by atoms with Crippen LogP contribution < -0.4 is 11.1 Å². The molecular weight excluding hydrogens is 276 g/mol. The fourth-order valence-corrected chi connectivity index (χ4v) is 2.06. The molecule has 6 nitrogen and oxygen atoms in total. The Morgan fingerprint density at radius 2 is 2.20 bits per heavy atom. The van der Waals surface area contributed by atoms with Crippen LogP contribution in [0.3, 0.4) is 0 Å². The van der Waals surface area contributed by atoms with Crippen molar-refractivity contribution in [2.75, 3.05) is 17.6 Å². The van der Waals surface area contributed by atoms with Crippen LogP contribution in [0.25, 0.3) is 11.3 Å². The van der Waals surface area contributed by atoms with Gasteiger partial charge in [0.2, 0.25) is 5.95 Å². The third-order valence-corrected chi connectivity index (χ3v) is 3.77. The Balaban J connectivity index is 1.84. The minimum Gasteiger partial charge on any atom is -0.368 e. The Labute approximate surface area is 121 Å². The van der Waals surface area contributed by atoms with E-state index in [1.54, 1.807) is 6.20 Å². The lowest BCUT2D eigenvalue weighted by atomic mass is 10.1. The van der Waals surface area contributed by atoms with Gasteiger partial charge < -0.3 is 11.1 Å². The average Bonchev–Trinajstić information content (AvgIpc) is 3.18. The molecular formula is C13H15ClN6. The largest absolute Gasteiger partial charge is 0.368 e. The first-order valence-electron chi connectivity index (χ1n) is 6.41. The maximum absolute atomic E-state index is 6.09. The predicted octanol–water partition coefficient (Wildman–Crippen LogP) is 2.38. The van der Waals surface area contributed by atoms with Gasteiger partial charge in [0.15, 0.2) is 0 Å². The molecule has 104 valence electrons. The second-order valence-corrected chi connectivity index (χ2v) is 5.83. The Morgan fingerprint density at radius 1 is 1.40 bits per heavy atom. The van der Waals surface area contributed by atoms with Gasteiger partial charge in [-0.15, -0.1) is 5.10 Å². The Bertz CT molecular complexity index is 641. The molecule has 20 heavy (non-hydrogen) atoms. The van der Waals surface area contributed by atoms with Crippen molar-refractivity contribution in [3.8, 4) is 11.3 Å². The summed E-state index contributed by atoms with van der Waals surface area (Å²) in [5.41, 5.74) is 7.32. The topological polar surface area (TPSA) is 89.6 Å². The van der Waals surface area contributed by atoms with Gasteiger partial charge in [0.05, 0.1) is 23.1 Å². The van der Waals surface area contributed by atoms with Crippen LogP contribution in [0.1, 0.15) is 19.8 Å². The average molecular weight is 291 g/mol. The first-order valence-corrected chi connectivity index (χ1v) is 6.79. The van der Waals surface area contributed by atoms with Crippen molar-refractivity contribution in [1.82, 2.24) is 20.2 Å². The fraction of sp³-hybridized carbons (Fsp3) is 0.385. The second-order valence-electron chi connectivity index (χ2n) is 5.42. The first-order chi connectivity index (χ1) is 9.56. The van der Waals surface area contributed by atoms with E-state index >= 15 is 0 Å². The van der Waals surface area contributed by atoms with E-state index in [1.807, 2.05) is 6.07 Å². The van der Waals surface area contributed by atoms with Crippen molar-refractivity contribution in [1.29, 1.82) is 0 Å². The summed E-state index contributed by atoms with van der Waals surface area (Å²) in [5, 5.41) is 11.8. The van der Waals surface area contributed by atoms with Crippen molar-refractivity contribution < 1.29 is 0 Å². The second kappa shape index (κ2) is 4.86. The van der Waals surface area contributed by atoms with Crippen LogP contribution >= 0.6 is 11.6 Å². The molecule has 0 spiro atoms. The Morgan fingerprint density at radius 3 is 2.95 bits per heavy atom. The minimum absolute atomic E-state index is 0.182. The molecule has 0 radical (unpaired) electrons. The number of aromatic nitrogens is 4. The number of nitrogens with two attached hydrogens (primary N) is 1. The smallest absolute Gasteiger partial charge is 0.220 e. The zero-order chi connectivity index (χ0) is 14.2. The number of anilines is 2. The van der Waals surface area contributed by atoms with E-state index < -0.39 is 0 Å². The van der Waals surface area contributed by atoms with Crippen LogP contribution in [0.4, 0.5) is 11.8 Å². The zero-order valence-corrected chi connectivity index (χ0v) is 11.9. The van der Waals surface area contributed by atoms with Crippen LogP contribution in [0.2, 0.25) is 5.02 Å². The lowest BCUT2D eigenvalue weighted by Gasteiger charge is -2.11. The highest BCUT2D eigenvalue weighted by Crippen LogP contribution is 2.44. The molecule has 0 aliphatic heterocycles. The molecule has 1 saturated carbocycles. The van der Waals surface area contributed by atoms with Crippen molar-refractivity contribution in [3.05, 3.63) is 23.5 Å². The van der Waals surface area contributed by atoms with Gasteiger partial charge in [-0.3, -0.25) is 0 Å². The maximum atomic E-state index is 6.09. The predicted molar refractivity (Wildman–Crippen MR) is 78.3 cm³/mol. The van der Waals surface area contributed by atoms with Crippen molar-refractivity contribution in [3.63, 3.8) is 0 Å². The zero-order valence-electron chi connectivity index (χ0n) is 11.1. The summed E-state index contributed by atoms with van der Waals surface area (Å²) >= 11 is 6.09. The monoisotopic (exact) mass is 290 g/mol. The third-order valence-electron chi connectivity index (χ3n) is 3.49. The van der Waals surface area contributed by atoms with E-state index in [9.17, 15) is 0 Å². The molecule has 0 bridgehead atoms. The van der Waals surface area contributed by atoms with Gasteiger partial charge in [-0.25, -0.2) is 9.97 Å². The van der Waals surface area contributed by atoms with Crippen molar-refractivity contribution in [2.24, 2.45) is 5.41 Å². The van der Waals surface area contributed by atoms with Crippen LogP contribution in [0.15, 0.2) is 18.5 Å². The number of nitrogen functional groups attached to an aromatic ring is 1. The van der Waals surface area contributed by atoms with Gasteiger partial charge in [-0.05, 0) is 24.3 Å². The molecule has 0 aromatic carbocycles. The summed E-state index contributed by atoms with van der Waals surface area (Å²) in [4.78, 5) is 7.99. The summed E-state index contributed by atoms with van der Waals surface area (Å²) in [7, 11) is 0. The van der Waals surface area contributed by atoms with Crippen molar-refractivity contribution in [2.45, 2.75) is 19.8 Å². The molecule has 3 rings (SSSR count). The van der Waals surface area contributed by atoms with Gasteiger partial charge in [-0.2, -0.15) is 5.10 Å². The third kappa shape index (κ3) is 2.80. The highest BCUT2D eigenvalue weighted by atomic mass is 35.5. The SMILES string of the molecule is CC1(CNc2cc(-c3nc(N)ncc3Cl)cnn2)CC1. The minimum atomic E-state index is 0.182. The summed E-state index contributed by atoms with van der Waals surface area (Å²) in [6.45, 7) is 3.14. The molecule has 1 aliphatic carbocycles. The molecule has 1 fully saturated rings. The number of hydrogen-bond donors (Lipinski definition) is 2. The number of rotatable bonds is 4. The summed E-state index contributed by atoms with van der Waals surface area (Å²) in [6.07, 6.45) is 5.60. The van der Waals surface area contributed by atoms with E-state index in [-0.39, 0.29) is 5.95 Å². The highest BCUT2D eigenvalue weighted by molar-refractivity contribution is 6.32. The molecule has 3 N–H and O–H groups in total. The number of halogens is 1. The molecule has 2 aromatic rings. The number of nitrogens with one attached hydrogen (secondary N) is 1. The summed E-state index contributed by atoms with van der Waals surface area (Å²) in [6, 6.07) is 1.87. The van der Waals surface area contributed by atoms with Crippen LogP contribution in [-0.4, -0.2) is 26.7 Å². The van der Waals surface area contributed by atoms with Gasteiger partial charge in [0.25, 0.3) is 0 Å². The molecule has 0 unspecified atom stereocenters. The summed E-state index contributed by atoms with van der Waals surface area (Å²) < 4.78 is 0. The van der Waals surface area contributed by atoms with E-state index in [0.29, 0.717) is 21.9 Å². The Kier molecular flexibility index (Phi) is 3.17.